The predicted molar refractivity (Wildman–Crippen MR) is 395 cm³/mol. The SMILES string of the molecule is CCCCCCCCCCCCCCCCCC(=O)OC[C@H](COP(=O)(O)OC[C@@H](O)COP(=O)(O)OC[C@@H](COC(=O)CCCCCCCCC(C)CC)OC(=O)CCCCCCCCCCCCCC(C)C)OC(=O)CCCCCCCCCCCCCCCCC(C)CC. The number of aliphatic hydroxyl groups excluding tert-OH is 1. The van der Waals surface area contributed by atoms with E-state index in [1.54, 1.807) is 0 Å². The number of hydrogen-bond donors (Lipinski definition) is 3. The van der Waals surface area contributed by atoms with Crippen LogP contribution in [0.1, 0.15) is 402 Å². The highest BCUT2D eigenvalue weighted by molar-refractivity contribution is 7.47. The second kappa shape index (κ2) is 68.5. The normalized spacial score (nSPS) is 14.6. The van der Waals surface area contributed by atoms with Crippen molar-refractivity contribution in [1.82, 2.24) is 0 Å². The minimum Gasteiger partial charge on any atom is -0.462 e. The van der Waals surface area contributed by atoms with Crippen LogP contribution >= 0.6 is 15.6 Å². The zero-order chi connectivity index (χ0) is 71.6. The maximum absolute atomic E-state index is 13.1. The molecule has 19 heteroatoms. The number of carbonyl (C=O) groups is 4. The Morgan fingerprint density at radius 2 is 0.526 bits per heavy atom. The molecule has 0 aromatic carbocycles. The Morgan fingerprint density at radius 3 is 0.784 bits per heavy atom. The smallest absolute Gasteiger partial charge is 0.462 e. The van der Waals surface area contributed by atoms with Crippen molar-refractivity contribution in [2.24, 2.45) is 17.8 Å². The first-order valence-corrected chi connectivity index (χ1v) is 43.4. The van der Waals surface area contributed by atoms with E-state index < -0.39 is 97.5 Å². The molecule has 0 heterocycles. The molecule has 0 saturated carbocycles. The Morgan fingerprint density at radius 1 is 0.299 bits per heavy atom. The Labute approximate surface area is 594 Å². The zero-order valence-electron chi connectivity index (χ0n) is 63.5. The first-order valence-electron chi connectivity index (χ1n) is 40.4. The maximum atomic E-state index is 13.1. The largest absolute Gasteiger partial charge is 0.472 e. The molecule has 0 amide bonds. The fourth-order valence-corrected chi connectivity index (χ4v) is 13.5. The first kappa shape index (κ1) is 95.1. The summed E-state index contributed by atoms with van der Waals surface area (Å²) in [5.74, 6) is 0.227. The van der Waals surface area contributed by atoms with Crippen LogP contribution in [0.5, 0.6) is 0 Å². The van der Waals surface area contributed by atoms with Gasteiger partial charge in [0, 0.05) is 25.7 Å². The number of phosphoric acid groups is 2. The number of unbranched alkanes of at least 4 members (excludes halogenated alkanes) is 42. The number of esters is 4. The summed E-state index contributed by atoms with van der Waals surface area (Å²) in [6.07, 6.45) is 55.4. The highest BCUT2D eigenvalue weighted by Crippen LogP contribution is 2.45. The number of hydrogen-bond acceptors (Lipinski definition) is 15. The number of ether oxygens (including phenoxy) is 4. The van der Waals surface area contributed by atoms with Gasteiger partial charge >= 0.3 is 39.5 Å². The zero-order valence-corrected chi connectivity index (χ0v) is 65.3. The molecule has 576 valence electrons. The van der Waals surface area contributed by atoms with Crippen LogP contribution in [0.2, 0.25) is 0 Å². The van der Waals surface area contributed by atoms with Crippen LogP contribution in [-0.2, 0) is 65.4 Å². The molecular formula is C78H152O17P2. The van der Waals surface area contributed by atoms with Gasteiger partial charge in [-0.3, -0.25) is 37.3 Å². The molecule has 0 aliphatic rings. The fourth-order valence-electron chi connectivity index (χ4n) is 11.9. The van der Waals surface area contributed by atoms with Gasteiger partial charge in [-0.1, -0.05) is 350 Å². The van der Waals surface area contributed by atoms with E-state index in [9.17, 15) is 43.2 Å². The summed E-state index contributed by atoms with van der Waals surface area (Å²) in [6, 6.07) is 0. The fraction of sp³-hybridized carbons (Fsp3) is 0.949. The Balaban J connectivity index is 5.26. The Kier molecular flexibility index (Phi) is 67.1. The maximum Gasteiger partial charge on any atom is 0.472 e. The minimum atomic E-state index is -4.96. The molecule has 0 aromatic heterocycles. The van der Waals surface area contributed by atoms with Crippen molar-refractivity contribution in [2.75, 3.05) is 39.6 Å². The van der Waals surface area contributed by atoms with Gasteiger partial charge in [-0.05, 0) is 43.4 Å². The summed E-state index contributed by atoms with van der Waals surface area (Å²) in [5, 5.41) is 10.6. The van der Waals surface area contributed by atoms with E-state index >= 15 is 0 Å². The van der Waals surface area contributed by atoms with Gasteiger partial charge < -0.3 is 33.8 Å². The monoisotopic (exact) mass is 1420 g/mol. The van der Waals surface area contributed by atoms with Crippen molar-refractivity contribution < 1.29 is 80.2 Å². The van der Waals surface area contributed by atoms with Crippen LogP contribution in [0.4, 0.5) is 0 Å². The highest BCUT2D eigenvalue weighted by atomic mass is 31.2. The molecule has 0 aromatic rings. The van der Waals surface area contributed by atoms with Crippen molar-refractivity contribution in [3.63, 3.8) is 0 Å². The lowest BCUT2D eigenvalue weighted by atomic mass is 9.99. The second-order valence-corrected chi connectivity index (χ2v) is 32.0. The molecule has 97 heavy (non-hydrogen) atoms. The van der Waals surface area contributed by atoms with E-state index in [2.05, 4.69) is 48.5 Å². The first-order chi connectivity index (χ1) is 46.8. The predicted octanol–water partition coefficient (Wildman–Crippen LogP) is 23.0. The minimum absolute atomic E-state index is 0.105. The molecule has 0 fully saturated rings. The molecule has 0 saturated heterocycles. The van der Waals surface area contributed by atoms with Crippen molar-refractivity contribution in [1.29, 1.82) is 0 Å². The highest BCUT2D eigenvalue weighted by Gasteiger charge is 2.30. The third kappa shape index (κ3) is 69.5. The molecular weight excluding hydrogens is 1270 g/mol. The number of carbonyl (C=O) groups excluding carboxylic acids is 4. The van der Waals surface area contributed by atoms with Crippen LogP contribution in [0.3, 0.4) is 0 Å². The standard InChI is InChI=1S/C78H152O17P2/c1-8-11-12-13-14-15-16-17-18-22-27-32-37-45-52-59-75(80)88-65-73(94-77(82)61-54-47-38-33-28-23-20-19-21-26-31-36-43-50-57-70(6)9-2)67-92-96(84,85)90-63-72(79)64-91-97(86,87)93-68-74(66-89-76(81)60-53-46-41-40-44-51-58-71(7)10-3)95-78(83)62-55-48-39-34-29-24-25-30-35-42-49-56-69(4)5/h69-74,79H,8-68H2,1-7H3,(H,84,85)(H,86,87)/t70?,71?,72-,73-,74-/m1/s1. The van der Waals surface area contributed by atoms with Gasteiger partial charge in [0.2, 0.25) is 0 Å². The third-order valence-corrected chi connectivity index (χ3v) is 20.8. The molecule has 0 spiro atoms. The van der Waals surface area contributed by atoms with Gasteiger partial charge in [0.15, 0.2) is 12.2 Å². The molecule has 0 bridgehead atoms. The average molecular weight is 1420 g/mol. The molecule has 0 aliphatic heterocycles. The number of rotatable bonds is 76. The lowest BCUT2D eigenvalue weighted by Crippen LogP contribution is -2.30. The summed E-state index contributed by atoms with van der Waals surface area (Å²) in [4.78, 5) is 72.9. The van der Waals surface area contributed by atoms with Crippen LogP contribution in [0.15, 0.2) is 0 Å². The molecule has 4 unspecified atom stereocenters. The van der Waals surface area contributed by atoms with E-state index in [0.717, 1.165) is 114 Å². The van der Waals surface area contributed by atoms with E-state index in [4.69, 9.17) is 37.0 Å². The molecule has 0 aliphatic carbocycles. The molecule has 3 N–H and O–H groups in total. The average Bonchev–Trinajstić information content (AvgIpc) is 2.11. The Bertz CT molecular complexity index is 1890. The summed E-state index contributed by atoms with van der Waals surface area (Å²) in [6.45, 7) is 11.9. The summed E-state index contributed by atoms with van der Waals surface area (Å²) >= 11 is 0. The van der Waals surface area contributed by atoms with Gasteiger partial charge in [0.1, 0.15) is 19.3 Å². The van der Waals surface area contributed by atoms with Gasteiger partial charge in [-0.25, -0.2) is 9.13 Å². The topological polar surface area (TPSA) is 237 Å². The van der Waals surface area contributed by atoms with Crippen LogP contribution < -0.4 is 0 Å². The van der Waals surface area contributed by atoms with Gasteiger partial charge in [0.05, 0.1) is 26.4 Å². The molecule has 17 nitrogen and oxygen atoms in total. The molecule has 0 rings (SSSR count). The quantitative estimate of drug-likeness (QED) is 0.0222. The molecule has 7 atom stereocenters. The summed E-state index contributed by atoms with van der Waals surface area (Å²) in [7, 11) is -9.92. The van der Waals surface area contributed by atoms with Crippen molar-refractivity contribution >= 4 is 39.5 Å². The number of phosphoric ester groups is 2. The molecule has 0 radical (unpaired) electrons. The van der Waals surface area contributed by atoms with Crippen LogP contribution in [0.25, 0.3) is 0 Å². The van der Waals surface area contributed by atoms with Gasteiger partial charge in [0.25, 0.3) is 0 Å². The van der Waals surface area contributed by atoms with E-state index in [-0.39, 0.29) is 25.7 Å². The van der Waals surface area contributed by atoms with Crippen LogP contribution in [0, 0.1) is 17.8 Å². The van der Waals surface area contributed by atoms with Crippen molar-refractivity contribution in [3.8, 4) is 0 Å². The van der Waals surface area contributed by atoms with Crippen molar-refractivity contribution in [2.45, 2.75) is 420 Å². The van der Waals surface area contributed by atoms with Crippen molar-refractivity contribution in [3.05, 3.63) is 0 Å². The van der Waals surface area contributed by atoms with E-state index in [1.807, 2.05) is 0 Å². The summed E-state index contributed by atoms with van der Waals surface area (Å²) < 4.78 is 68.6. The van der Waals surface area contributed by atoms with E-state index in [0.29, 0.717) is 25.7 Å². The van der Waals surface area contributed by atoms with Crippen LogP contribution in [-0.4, -0.2) is 96.7 Å². The second-order valence-electron chi connectivity index (χ2n) is 29.1. The third-order valence-electron chi connectivity index (χ3n) is 18.9. The lowest BCUT2D eigenvalue weighted by Gasteiger charge is -2.21. The van der Waals surface area contributed by atoms with Gasteiger partial charge in [-0.15, -0.1) is 0 Å². The summed E-state index contributed by atoms with van der Waals surface area (Å²) in [5.41, 5.74) is 0. The lowest BCUT2D eigenvalue weighted by molar-refractivity contribution is -0.161. The van der Waals surface area contributed by atoms with Gasteiger partial charge in [-0.2, -0.15) is 0 Å². The number of aliphatic hydroxyl groups is 1. The Hall–Kier alpha value is -1.94. The van der Waals surface area contributed by atoms with E-state index in [1.165, 1.54) is 205 Å².